The molecule has 0 bridgehead atoms. The zero-order valence-corrected chi connectivity index (χ0v) is 12.0. The highest BCUT2D eigenvalue weighted by Gasteiger charge is 2.30. The lowest BCUT2D eigenvalue weighted by Gasteiger charge is -2.37. The molecule has 0 aliphatic carbocycles. The quantitative estimate of drug-likeness (QED) is 0.666. The first-order chi connectivity index (χ1) is 9.93. The summed E-state index contributed by atoms with van der Waals surface area (Å²) in [6, 6.07) is 4.31. The minimum absolute atomic E-state index is 0.0690. The molecule has 2 atom stereocenters. The second kappa shape index (κ2) is 6.19. The molecule has 2 unspecified atom stereocenters. The van der Waals surface area contributed by atoms with Crippen LogP contribution < -0.4 is 0 Å². The van der Waals surface area contributed by atoms with Gasteiger partial charge in [0.1, 0.15) is 0 Å². The summed E-state index contributed by atoms with van der Waals surface area (Å²) < 4.78 is 5.38. The summed E-state index contributed by atoms with van der Waals surface area (Å²) in [7, 11) is 0. The van der Waals surface area contributed by atoms with E-state index in [0.717, 1.165) is 0 Å². The van der Waals surface area contributed by atoms with Crippen LogP contribution in [0.2, 0.25) is 0 Å². The van der Waals surface area contributed by atoms with Gasteiger partial charge in [-0.3, -0.25) is 14.9 Å². The molecule has 2 rings (SSSR count). The predicted molar refractivity (Wildman–Crippen MR) is 75.2 cm³/mol. The molecule has 0 spiro atoms. The first-order valence-electron chi connectivity index (χ1n) is 6.72. The number of nitrogens with zero attached hydrogens (tertiary/aromatic N) is 2. The number of benzene rings is 1. The van der Waals surface area contributed by atoms with Gasteiger partial charge >= 0.3 is 0 Å². The molecule has 1 N–H and O–H groups in total. The van der Waals surface area contributed by atoms with E-state index >= 15 is 0 Å². The van der Waals surface area contributed by atoms with Gasteiger partial charge in [0.15, 0.2) is 0 Å². The lowest BCUT2D eigenvalue weighted by atomic mass is 10.1. The molecule has 0 radical (unpaired) electrons. The van der Waals surface area contributed by atoms with E-state index in [1.165, 1.54) is 6.07 Å². The zero-order valence-electron chi connectivity index (χ0n) is 12.0. The highest BCUT2D eigenvalue weighted by molar-refractivity contribution is 5.95. The molecule has 0 aromatic heterocycles. The Labute approximate surface area is 122 Å². The Hall–Kier alpha value is -1.99. The van der Waals surface area contributed by atoms with E-state index in [4.69, 9.17) is 9.84 Å². The second-order valence-electron chi connectivity index (χ2n) is 5.20. The third-order valence-electron chi connectivity index (χ3n) is 3.62. The van der Waals surface area contributed by atoms with Crippen molar-refractivity contribution in [1.82, 2.24) is 4.90 Å². The fourth-order valence-corrected chi connectivity index (χ4v) is 2.32. The number of morpholine rings is 1. The molecule has 114 valence electrons. The fraction of sp³-hybridized carbons (Fsp3) is 0.500. The number of hydrogen-bond donors (Lipinski definition) is 1. The predicted octanol–water partition coefficient (Wildman–Crippen LogP) is 1.13. The fourth-order valence-electron chi connectivity index (χ4n) is 2.32. The van der Waals surface area contributed by atoms with Crippen LogP contribution in [0, 0.1) is 17.0 Å². The van der Waals surface area contributed by atoms with Crippen molar-refractivity contribution in [3.63, 3.8) is 0 Å². The minimum Gasteiger partial charge on any atom is -0.394 e. The molecule has 7 nitrogen and oxygen atoms in total. The molecule has 1 amide bonds. The van der Waals surface area contributed by atoms with Crippen LogP contribution in [0.25, 0.3) is 0 Å². The molecule has 1 aliphatic rings. The summed E-state index contributed by atoms with van der Waals surface area (Å²) in [5, 5.41) is 20.1. The molecule has 0 saturated carbocycles. The van der Waals surface area contributed by atoms with Crippen LogP contribution in [0.3, 0.4) is 0 Å². The van der Waals surface area contributed by atoms with Crippen molar-refractivity contribution in [1.29, 1.82) is 0 Å². The van der Waals surface area contributed by atoms with Crippen LogP contribution in [0.5, 0.6) is 0 Å². The number of ether oxygens (including phenoxy) is 1. The van der Waals surface area contributed by atoms with E-state index in [0.29, 0.717) is 12.2 Å². The number of aryl methyl sites for hydroxylation is 1. The van der Waals surface area contributed by atoms with E-state index in [2.05, 4.69) is 0 Å². The third kappa shape index (κ3) is 3.20. The molecule has 1 heterocycles. The number of nitro benzene ring substituents is 1. The maximum absolute atomic E-state index is 12.5. The molecule has 1 saturated heterocycles. The second-order valence-corrected chi connectivity index (χ2v) is 5.20. The van der Waals surface area contributed by atoms with Crippen LogP contribution in [-0.2, 0) is 4.74 Å². The molecule has 1 fully saturated rings. The van der Waals surface area contributed by atoms with Crippen molar-refractivity contribution in [2.24, 2.45) is 0 Å². The zero-order chi connectivity index (χ0) is 15.6. The number of amides is 1. The van der Waals surface area contributed by atoms with Crippen LogP contribution in [0.4, 0.5) is 5.69 Å². The van der Waals surface area contributed by atoms with E-state index < -0.39 is 11.0 Å². The van der Waals surface area contributed by atoms with Crippen molar-refractivity contribution >= 4 is 11.6 Å². The topological polar surface area (TPSA) is 92.9 Å². The Morgan fingerprint density at radius 1 is 1.57 bits per heavy atom. The average Bonchev–Trinajstić information content (AvgIpc) is 2.47. The summed E-state index contributed by atoms with van der Waals surface area (Å²) in [4.78, 5) is 24.6. The molecular weight excluding hydrogens is 276 g/mol. The van der Waals surface area contributed by atoms with Crippen molar-refractivity contribution in [3.05, 3.63) is 39.4 Å². The number of hydrogen-bond acceptors (Lipinski definition) is 5. The Kier molecular flexibility index (Phi) is 4.54. The van der Waals surface area contributed by atoms with Gasteiger partial charge in [0.25, 0.3) is 11.6 Å². The van der Waals surface area contributed by atoms with Gasteiger partial charge in [-0.1, -0.05) is 6.07 Å². The normalized spacial score (nSPS) is 22.1. The van der Waals surface area contributed by atoms with E-state index in [-0.39, 0.29) is 36.4 Å². The van der Waals surface area contributed by atoms with Gasteiger partial charge < -0.3 is 14.7 Å². The average molecular weight is 294 g/mol. The van der Waals surface area contributed by atoms with Crippen molar-refractivity contribution in [2.75, 3.05) is 19.8 Å². The summed E-state index contributed by atoms with van der Waals surface area (Å²) in [5.74, 6) is -0.285. The Morgan fingerprint density at radius 2 is 2.29 bits per heavy atom. The number of carbonyl (C=O) groups excluding carboxylic acids is 1. The first-order valence-corrected chi connectivity index (χ1v) is 6.72. The maximum atomic E-state index is 12.5. The summed E-state index contributed by atoms with van der Waals surface area (Å²) in [6.07, 6.45) is -0.411. The standard InChI is InChI=1S/C14H18N2O5/c1-9-3-4-11(5-13(9)16(19)20)14(18)15-6-12(7-17)21-8-10(15)2/h3-5,10,12,17H,6-8H2,1-2H3. The van der Waals surface area contributed by atoms with Crippen molar-refractivity contribution in [2.45, 2.75) is 26.0 Å². The molecule has 21 heavy (non-hydrogen) atoms. The highest BCUT2D eigenvalue weighted by atomic mass is 16.6. The van der Waals surface area contributed by atoms with Gasteiger partial charge in [0.05, 0.1) is 30.3 Å². The largest absolute Gasteiger partial charge is 0.394 e. The highest BCUT2D eigenvalue weighted by Crippen LogP contribution is 2.22. The van der Waals surface area contributed by atoms with Gasteiger partial charge in [-0.25, -0.2) is 0 Å². The van der Waals surface area contributed by atoms with Gasteiger partial charge in [-0.05, 0) is 19.9 Å². The van der Waals surface area contributed by atoms with Crippen LogP contribution in [0.15, 0.2) is 18.2 Å². The van der Waals surface area contributed by atoms with Gasteiger partial charge in [-0.2, -0.15) is 0 Å². The van der Waals surface area contributed by atoms with Gasteiger partial charge in [0.2, 0.25) is 0 Å². The molecular formula is C14H18N2O5. The SMILES string of the molecule is Cc1ccc(C(=O)N2CC(CO)OCC2C)cc1[N+](=O)[O-]. The summed E-state index contributed by atoms with van der Waals surface area (Å²) in [5.41, 5.74) is 0.720. The Balaban J connectivity index is 2.26. The van der Waals surface area contributed by atoms with Crippen molar-refractivity contribution < 1.29 is 19.6 Å². The van der Waals surface area contributed by atoms with Gasteiger partial charge in [0, 0.05) is 23.7 Å². The first kappa shape index (κ1) is 15.4. The number of carbonyl (C=O) groups is 1. The van der Waals surface area contributed by atoms with Crippen LogP contribution in [-0.4, -0.2) is 52.7 Å². The molecule has 1 aliphatic heterocycles. The molecule has 1 aromatic carbocycles. The monoisotopic (exact) mass is 294 g/mol. The van der Waals surface area contributed by atoms with Crippen LogP contribution in [0.1, 0.15) is 22.8 Å². The molecule has 7 heteroatoms. The minimum atomic E-state index is -0.495. The molecule has 1 aromatic rings. The number of rotatable bonds is 3. The van der Waals surface area contributed by atoms with E-state index in [1.807, 2.05) is 6.92 Å². The van der Waals surface area contributed by atoms with E-state index in [1.54, 1.807) is 24.0 Å². The van der Waals surface area contributed by atoms with Gasteiger partial charge in [-0.15, -0.1) is 0 Å². The van der Waals surface area contributed by atoms with Crippen molar-refractivity contribution in [3.8, 4) is 0 Å². The third-order valence-corrected chi connectivity index (χ3v) is 3.62. The Morgan fingerprint density at radius 3 is 2.90 bits per heavy atom. The maximum Gasteiger partial charge on any atom is 0.273 e. The van der Waals surface area contributed by atoms with Crippen LogP contribution >= 0.6 is 0 Å². The number of aliphatic hydroxyl groups excluding tert-OH is 1. The number of aliphatic hydroxyl groups is 1. The lowest BCUT2D eigenvalue weighted by molar-refractivity contribution is -0.385. The summed E-state index contributed by atoms with van der Waals surface area (Å²) >= 11 is 0. The van der Waals surface area contributed by atoms with E-state index in [9.17, 15) is 14.9 Å². The Bertz CT molecular complexity index is 560. The lowest BCUT2D eigenvalue weighted by Crippen LogP contribution is -2.52. The smallest absolute Gasteiger partial charge is 0.273 e. The summed E-state index contributed by atoms with van der Waals surface area (Å²) in [6.45, 7) is 3.92. The number of nitro groups is 1.